The van der Waals surface area contributed by atoms with Crippen LogP contribution in [0.2, 0.25) is 0 Å². The molecule has 6 heteroatoms. The number of hydrogen-bond acceptors (Lipinski definition) is 5. The summed E-state index contributed by atoms with van der Waals surface area (Å²) < 4.78 is 0. The number of hydrogen-bond donors (Lipinski definition) is 0. The number of fused-ring (bicyclic) bond motifs is 1. The van der Waals surface area contributed by atoms with Crippen LogP contribution in [0.1, 0.15) is 26.7 Å². The lowest BCUT2D eigenvalue weighted by molar-refractivity contribution is 0.0789. The van der Waals surface area contributed by atoms with Crippen LogP contribution in [-0.4, -0.2) is 47.2 Å². The van der Waals surface area contributed by atoms with Gasteiger partial charge in [0.1, 0.15) is 0 Å². The third-order valence-electron chi connectivity index (χ3n) is 5.15. The molecule has 1 amide bonds. The summed E-state index contributed by atoms with van der Waals surface area (Å²) in [5.41, 5.74) is 0.942. The molecule has 126 valence electrons. The number of thiophene rings is 1. The van der Waals surface area contributed by atoms with Gasteiger partial charge in [0.25, 0.3) is 5.91 Å². The number of anilines is 1. The van der Waals surface area contributed by atoms with E-state index in [1.807, 2.05) is 36.9 Å². The van der Waals surface area contributed by atoms with Crippen LogP contribution in [0.5, 0.6) is 0 Å². The third-order valence-corrected chi connectivity index (χ3v) is 6.14. The van der Waals surface area contributed by atoms with Crippen molar-refractivity contribution in [1.82, 2.24) is 15.1 Å². The highest BCUT2D eigenvalue weighted by Gasteiger charge is 2.39. The Balaban J connectivity index is 1.44. The molecule has 24 heavy (non-hydrogen) atoms. The number of carbonyl (C=O) groups excluding carboxylic acids is 1. The molecule has 0 spiro atoms. The minimum absolute atomic E-state index is 0.198. The molecule has 0 saturated carbocycles. The zero-order valence-electron chi connectivity index (χ0n) is 14.1. The minimum Gasteiger partial charge on any atom is -0.355 e. The summed E-state index contributed by atoms with van der Waals surface area (Å²) in [6.07, 6.45) is 1.12. The van der Waals surface area contributed by atoms with Crippen molar-refractivity contribution in [3.63, 3.8) is 0 Å². The van der Waals surface area contributed by atoms with Gasteiger partial charge in [0, 0.05) is 31.1 Å². The van der Waals surface area contributed by atoms with Gasteiger partial charge < -0.3 is 9.80 Å². The van der Waals surface area contributed by atoms with Gasteiger partial charge in [-0.15, -0.1) is 16.4 Å². The van der Waals surface area contributed by atoms with Gasteiger partial charge in [0.2, 0.25) is 0 Å². The molecule has 2 atom stereocenters. The number of rotatable bonds is 2. The van der Waals surface area contributed by atoms with Gasteiger partial charge in [0.15, 0.2) is 5.82 Å². The summed E-state index contributed by atoms with van der Waals surface area (Å²) in [7, 11) is 0. The Labute approximate surface area is 146 Å². The largest absolute Gasteiger partial charge is 0.355 e. The van der Waals surface area contributed by atoms with E-state index in [9.17, 15) is 4.79 Å². The van der Waals surface area contributed by atoms with E-state index in [2.05, 4.69) is 21.2 Å². The zero-order valence-corrected chi connectivity index (χ0v) is 14.9. The van der Waals surface area contributed by atoms with Crippen molar-refractivity contribution in [3.8, 4) is 0 Å². The summed E-state index contributed by atoms with van der Waals surface area (Å²) in [5, 5.41) is 8.49. The van der Waals surface area contributed by atoms with Crippen LogP contribution in [0.3, 0.4) is 0 Å². The Bertz CT molecular complexity index is 742. The van der Waals surface area contributed by atoms with E-state index in [-0.39, 0.29) is 5.91 Å². The fourth-order valence-electron chi connectivity index (χ4n) is 3.81. The van der Waals surface area contributed by atoms with Crippen LogP contribution in [0.25, 0.3) is 0 Å². The second kappa shape index (κ2) is 6.16. The molecule has 2 aromatic heterocycles. The second-order valence-electron chi connectivity index (χ2n) is 6.91. The number of likely N-dealkylation sites (tertiary alicyclic amines) is 1. The number of aryl methyl sites for hydroxylation is 2. The number of amides is 1. The standard InChI is InChI=1S/C18H22N4OS/c1-12-3-6-17(20-19-12)21-8-7-14-9-22(11-15(14)10-21)18(23)16-5-4-13(2)24-16/h3-6,14-15H,7-11H2,1-2H3/t14-,15+/m0/s1. The van der Waals surface area contributed by atoms with Crippen LogP contribution in [-0.2, 0) is 0 Å². The van der Waals surface area contributed by atoms with E-state index in [0.29, 0.717) is 11.8 Å². The van der Waals surface area contributed by atoms with Gasteiger partial charge in [-0.05, 0) is 56.4 Å². The molecule has 2 saturated heterocycles. The van der Waals surface area contributed by atoms with Gasteiger partial charge in [-0.3, -0.25) is 4.79 Å². The highest BCUT2D eigenvalue weighted by Crippen LogP contribution is 2.34. The Morgan fingerprint density at radius 2 is 1.92 bits per heavy atom. The highest BCUT2D eigenvalue weighted by molar-refractivity contribution is 7.13. The van der Waals surface area contributed by atoms with Crippen molar-refractivity contribution in [1.29, 1.82) is 0 Å². The molecule has 2 fully saturated rings. The number of aromatic nitrogens is 2. The van der Waals surface area contributed by atoms with E-state index in [1.165, 1.54) is 4.88 Å². The molecule has 0 bridgehead atoms. The first kappa shape index (κ1) is 15.6. The lowest BCUT2D eigenvalue weighted by Gasteiger charge is -2.34. The number of nitrogens with zero attached hydrogens (tertiary/aromatic N) is 4. The van der Waals surface area contributed by atoms with E-state index >= 15 is 0 Å². The van der Waals surface area contributed by atoms with E-state index in [4.69, 9.17) is 0 Å². The fourth-order valence-corrected chi connectivity index (χ4v) is 4.64. The summed E-state index contributed by atoms with van der Waals surface area (Å²) in [6, 6.07) is 8.05. The normalized spacial score (nSPS) is 23.4. The van der Waals surface area contributed by atoms with Gasteiger partial charge >= 0.3 is 0 Å². The molecule has 2 aromatic rings. The molecule has 5 nitrogen and oxygen atoms in total. The predicted molar refractivity (Wildman–Crippen MR) is 95.5 cm³/mol. The summed E-state index contributed by atoms with van der Waals surface area (Å²) in [6.45, 7) is 7.72. The van der Waals surface area contributed by atoms with E-state index < -0.39 is 0 Å². The van der Waals surface area contributed by atoms with Crippen LogP contribution in [0, 0.1) is 25.7 Å². The summed E-state index contributed by atoms with van der Waals surface area (Å²) >= 11 is 1.59. The van der Waals surface area contributed by atoms with Crippen LogP contribution in [0.15, 0.2) is 24.3 Å². The molecule has 4 rings (SSSR count). The second-order valence-corrected chi connectivity index (χ2v) is 8.20. The number of carbonyl (C=O) groups is 1. The molecule has 0 N–H and O–H groups in total. The molecule has 4 heterocycles. The first-order valence-corrected chi connectivity index (χ1v) is 9.33. The quantitative estimate of drug-likeness (QED) is 0.842. The number of piperidine rings is 1. The van der Waals surface area contributed by atoms with Gasteiger partial charge in [-0.2, -0.15) is 5.10 Å². The molecule has 0 aromatic carbocycles. The first-order chi connectivity index (χ1) is 11.6. The molecule has 0 aliphatic carbocycles. The summed E-state index contributed by atoms with van der Waals surface area (Å²) in [5.74, 6) is 2.30. The highest BCUT2D eigenvalue weighted by atomic mass is 32.1. The SMILES string of the molecule is Cc1ccc(N2CC[C@H]3CN(C(=O)c4ccc(C)s4)C[C@H]3C2)nn1. The zero-order chi connectivity index (χ0) is 16.7. The van der Waals surface area contributed by atoms with Crippen molar-refractivity contribution in [3.05, 3.63) is 39.7 Å². The Hall–Kier alpha value is -1.95. The molecular formula is C18H22N4OS. The van der Waals surface area contributed by atoms with Crippen molar-refractivity contribution < 1.29 is 4.79 Å². The smallest absolute Gasteiger partial charge is 0.263 e. The van der Waals surface area contributed by atoms with Gasteiger partial charge in [0.05, 0.1) is 10.6 Å². The molecule has 2 aliphatic heterocycles. The third kappa shape index (κ3) is 2.90. The van der Waals surface area contributed by atoms with Crippen molar-refractivity contribution in [2.75, 3.05) is 31.1 Å². The van der Waals surface area contributed by atoms with Crippen molar-refractivity contribution in [2.45, 2.75) is 20.3 Å². The van der Waals surface area contributed by atoms with Crippen LogP contribution >= 0.6 is 11.3 Å². The van der Waals surface area contributed by atoms with Crippen molar-refractivity contribution >= 4 is 23.1 Å². The molecule has 2 aliphatic rings. The Morgan fingerprint density at radius 3 is 2.62 bits per heavy atom. The monoisotopic (exact) mass is 342 g/mol. The lowest BCUT2D eigenvalue weighted by atomic mass is 9.89. The minimum atomic E-state index is 0.198. The van der Waals surface area contributed by atoms with E-state index in [0.717, 1.165) is 49.0 Å². The molecule has 0 unspecified atom stereocenters. The van der Waals surface area contributed by atoms with Gasteiger partial charge in [-0.25, -0.2) is 0 Å². The average Bonchev–Trinajstić information content (AvgIpc) is 3.20. The first-order valence-electron chi connectivity index (χ1n) is 8.51. The maximum absolute atomic E-state index is 12.7. The van der Waals surface area contributed by atoms with Crippen molar-refractivity contribution in [2.24, 2.45) is 11.8 Å². The van der Waals surface area contributed by atoms with Crippen LogP contribution in [0.4, 0.5) is 5.82 Å². The Morgan fingerprint density at radius 1 is 1.08 bits per heavy atom. The molecule has 0 radical (unpaired) electrons. The Kier molecular flexibility index (Phi) is 4.00. The maximum Gasteiger partial charge on any atom is 0.263 e. The van der Waals surface area contributed by atoms with Gasteiger partial charge in [-0.1, -0.05) is 0 Å². The van der Waals surface area contributed by atoms with E-state index in [1.54, 1.807) is 11.3 Å². The van der Waals surface area contributed by atoms with Crippen LogP contribution < -0.4 is 4.90 Å². The average molecular weight is 342 g/mol. The topological polar surface area (TPSA) is 49.3 Å². The summed E-state index contributed by atoms with van der Waals surface area (Å²) in [4.78, 5) is 19.1. The molecular weight excluding hydrogens is 320 g/mol. The predicted octanol–water partition coefficient (Wildman–Crippen LogP) is 2.75. The lowest BCUT2D eigenvalue weighted by Crippen LogP contribution is -2.40. The fraction of sp³-hybridized carbons (Fsp3) is 0.500. The maximum atomic E-state index is 12.7.